The van der Waals surface area contributed by atoms with Crippen molar-refractivity contribution in [1.29, 1.82) is 0 Å². The fourth-order valence-corrected chi connectivity index (χ4v) is 2.39. The number of rotatable bonds is 4. The lowest BCUT2D eigenvalue weighted by Gasteiger charge is -2.00. The normalized spacial score (nSPS) is 11.2. The maximum atomic E-state index is 10.9. The zero-order valence-corrected chi connectivity index (χ0v) is 13.3. The number of nitrogens with zero attached hydrogens (tertiary/aromatic N) is 1. The van der Waals surface area contributed by atoms with Crippen LogP contribution in [-0.2, 0) is 0 Å². The molecule has 3 N–H and O–H groups in total. The van der Waals surface area contributed by atoms with E-state index in [0.717, 1.165) is 15.0 Å². The van der Waals surface area contributed by atoms with E-state index in [4.69, 9.17) is 10.5 Å². The van der Waals surface area contributed by atoms with E-state index in [1.54, 1.807) is 25.3 Å². The van der Waals surface area contributed by atoms with Gasteiger partial charge in [-0.2, -0.15) is 0 Å². The standard InChI is InChI=1S/C14H12IN3O3/c1-21-13-4-2-11(3-5-13)17-14(16)9-6-10(15)8-12(7-9)18(19)20/h2-8H,1H3,(H2,16,17)/p+1. The van der Waals surface area contributed by atoms with Crippen LogP contribution < -0.4 is 15.5 Å². The van der Waals surface area contributed by atoms with Crippen LogP contribution in [-0.4, -0.2) is 17.9 Å². The van der Waals surface area contributed by atoms with Gasteiger partial charge < -0.3 is 4.74 Å². The molecule has 0 bridgehead atoms. The second kappa shape index (κ2) is 6.53. The molecule has 0 aliphatic carbocycles. The van der Waals surface area contributed by atoms with Crippen LogP contribution in [0.3, 0.4) is 0 Å². The van der Waals surface area contributed by atoms with Crippen LogP contribution >= 0.6 is 22.6 Å². The molecule has 108 valence electrons. The third-order valence-electron chi connectivity index (χ3n) is 2.77. The van der Waals surface area contributed by atoms with E-state index in [9.17, 15) is 10.1 Å². The first-order valence-corrected chi connectivity index (χ1v) is 7.06. The van der Waals surface area contributed by atoms with Gasteiger partial charge in [0.15, 0.2) is 0 Å². The Labute approximate surface area is 134 Å². The molecule has 0 radical (unpaired) electrons. The van der Waals surface area contributed by atoms with E-state index in [2.05, 4.69) is 4.99 Å². The predicted molar refractivity (Wildman–Crippen MR) is 87.7 cm³/mol. The molecule has 0 unspecified atom stereocenters. The second-order valence-corrected chi connectivity index (χ2v) is 5.47. The zero-order valence-electron chi connectivity index (χ0n) is 11.2. The van der Waals surface area contributed by atoms with Crippen molar-refractivity contribution in [3.05, 3.63) is 61.7 Å². The van der Waals surface area contributed by atoms with Crippen molar-refractivity contribution < 1.29 is 14.7 Å². The van der Waals surface area contributed by atoms with Crippen molar-refractivity contribution in [3.8, 4) is 5.75 Å². The number of ether oxygens (including phenoxy) is 1. The number of nitro benzene ring substituents is 1. The van der Waals surface area contributed by atoms with E-state index in [1.807, 2.05) is 34.7 Å². The van der Waals surface area contributed by atoms with Crippen molar-refractivity contribution >= 4 is 39.8 Å². The summed E-state index contributed by atoms with van der Waals surface area (Å²) >= 11 is 2.02. The molecule has 0 aliphatic rings. The maximum absolute atomic E-state index is 10.9. The van der Waals surface area contributed by atoms with Gasteiger partial charge in [0, 0.05) is 15.7 Å². The number of nitrogen functional groups attached to an aromatic ring is 1. The highest BCUT2D eigenvalue weighted by molar-refractivity contribution is 14.1. The number of nitrogens with one attached hydrogen (secondary N) is 1. The van der Waals surface area contributed by atoms with Gasteiger partial charge in [-0.05, 0) is 52.9 Å². The first-order chi connectivity index (χ1) is 9.99. The van der Waals surface area contributed by atoms with Crippen molar-refractivity contribution in [1.82, 2.24) is 0 Å². The number of hydrogen-bond acceptors (Lipinski definition) is 3. The Bertz CT molecular complexity index is 699. The molecular formula is C14H13IN3O3+. The molecule has 2 rings (SSSR count). The highest BCUT2D eigenvalue weighted by Crippen LogP contribution is 2.18. The molecule has 6 nitrogen and oxygen atoms in total. The van der Waals surface area contributed by atoms with Gasteiger partial charge in [0.1, 0.15) is 11.4 Å². The summed E-state index contributed by atoms with van der Waals surface area (Å²) in [5, 5.41) is 10.9. The minimum atomic E-state index is -0.438. The monoisotopic (exact) mass is 398 g/mol. The van der Waals surface area contributed by atoms with Crippen molar-refractivity contribution in [3.63, 3.8) is 0 Å². The van der Waals surface area contributed by atoms with Crippen LogP contribution in [0.25, 0.3) is 0 Å². The van der Waals surface area contributed by atoms with Gasteiger partial charge in [0.25, 0.3) is 11.5 Å². The Balaban J connectivity index is 2.35. The fourth-order valence-electron chi connectivity index (χ4n) is 1.74. The summed E-state index contributed by atoms with van der Waals surface area (Å²) in [6, 6.07) is 11.9. The molecule has 2 aromatic carbocycles. The lowest BCUT2D eigenvalue weighted by Crippen LogP contribution is -2.69. The van der Waals surface area contributed by atoms with Gasteiger partial charge in [0.2, 0.25) is 0 Å². The van der Waals surface area contributed by atoms with Crippen LogP contribution in [0.5, 0.6) is 5.75 Å². The number of non-ortho nitro benzene ring substituents is 1. The maximum Gasteiger partial charge on any atom is 0.278 e. The highest BCUT2D eigenvalue weighted by atomic mass is 127. The predicted octanol–water partition coefficient (Wildman–Crippen LogP) is 1.33. The third kappa shape index (κ3) is 3.91. The molecule has 7 heteroatoms. The molecule has 0 spiro atoms. The Kier molecular flexibility index (Phi) is 4.73. The first-order valence-electron chi connectivity index (χ1n) is 5.98. The third-order valence-corrected chi connectivity index (χ3v) is 3.40. The smallest absolute Gasteiger partial charge is 0.278 e. The highest BCUT2D eigenvalue weighted by Gasteiger charge is 2.13. The van der Waals surface area contributed by atoms with Crippen molar-refractivity contribution in [2.75, 3.05) is 7.11 Å². The lowest BCUT2D eigenvalue weighted by atomic mass is 10.2. The average molecular weight is 398 g/mol. The number of nitro groups is 1. The number of methoxy groups -OCH3 is 1. The zero-order chi connectivity index (χ0) is 15.4. The van der Waals surface area contributed by atoms with E-state index >= 15 is 0 Å². The largest absolute Gasteiger partial charge is 0.497 e. The van der Waals surface area contributed by atoms with Gasteiger partial charge in [-0.3, -0.25) is 15.8 Å². The average Bonchev–Trinajstić information content (AvgIpc) is 2.47. The molecule has 0 atom stereocenters. The molecule has 21 heavy (non-hydrogen) atoms. The van der Waals surface area contributed by atoms with Crippen LogP contribution in [0, 0.1) is 13.7 Å². The molecule has 0 fully saturated rings. The minimum absolute atomic E-state index is 0.0105. The molecule has 0 aromatic heterocycles. The topological polar surface area (TPSA) is 92.4 Å². The second-order valence-electron chi connectivity index (χ2n) is 4.22. The Morgan fingerprint density at radius 3 is 2.52 bits per heavy atom. The summed E-state index contributed by atoms with van der Waals surface area (Å²) in [5.41, 5.74) is 7.34. The van der Waals surface area contributed by atoms with E-state index in [1.165, 1.54) is 12.1 Å². The van der Waals surface area contributed by atoms with Crippen LogP contribution in [0.15, 0.2) is 42.5 Å². The number of nitrogens with two attached hydrogens (primary N) is 1. The van der Waals surface area contributed by atoms with Gasteiger partial charge >= 0.3 is 0 Å². The van der Waals surface area contributed by atoms with E-state index in [0.29, 0.717) is 11.4 Å². The molecule has 0 heterocycles. The number of hydrogen-bond donors (Lipinski definition) is 2. The summed E-state index contributed by atoms with van der Waals surface area (Å²) in [6.45, 7) is 0. The molecular weight excluding hydrogens is 385 g/mol. The summed E-state index contributed by atoms with van der Waals surface area (Å²) in [5.74, 6) is 1.09. The Hall–Kier alpha value is -2.16. The van der Waals surface area contributed by atoms with Crippen molar-refractivity contribution in [2.24, 2.45) is 5.73 Å². The Morgan fingerprint density at radius 2 is 1.95 bits per heavy atom. The molecule has 0 aliphatic heterocycles. The molecule has 2 aromatic rings. The summed E-state index contributed by atoms with van der Waals surface area (Å²) < 4.78 is 5.82. The lowest BCUT2D eigenvalue weighted by molar-refractivity contribution is -0.385. The van der Waals surface area contributed by atoms with E-state index in [-0.39, 0.29) is 5.69 Å². The summed E-state index contributed by atoms with van der Waals surface area (Å²) in [4.78, 5) is 13.5. The van der Waals surface area contributed by atoms with Gasteiger partial charge in [-0.25, -0.2) is 4.99 Å². The fraction of sp³-hybridized carbons (Fsp3) is 0.0714. The van der Waals surface area contributed by atoms with Gasteiger partial charge in [0.05, 0.1) is 17.6 Å². The summed E-state index contributed by atoms with van der Waals surface area (Å²) in [6.07, 6.45) is 0. The minimum Gasteiger partial charge on any atom is -0.497 e. The number of halogens is 1. The SMILES string of the molecule is COc1ccc([NH+]=C(N)c2cc(I)cc([N+](=O)[O-])c2)cc1. The molecule has 0 saturated carbocycles. The first kappa shape index (κ1) is 15.2. The van der Waals surface area contributed by atoms with Crippen LogP contribution in [0.1, 0.15) is 5.56 Å². The van der Waals surface area contributed by atoms with Gasteiger partial charge in [-0.15, -0.1) is 0 Å². The Morgan fingerprint density at radius 1 is 1.29 bits per heavy atom. The summed E-state index contributed by atoms with van der Waals surface area (Å²) in [7, 11) is 1.59. The molecule has 0 amide bonds. The quantitative estimate of drug-likeness (QED) is 0.267. The molecule has 0 saturated heterocycles. The van der Waals surface area contributed by atoms with Crippen LogP contribution in [0.4, 0.5) is 11.4 Å². The van der Waals surface area contributed by atoms with E-state index < -0.39 is 4.92 Å². The number of amidine groups is 1. The van der Waals surface area contributed by atoms with Gasteiger partial charge in [-0.1, -0.05) is 0 Å². The number of benzene rings is 2. The van der Waals surface area contributed by atoms with Crippen LogP contribution in [0.2, 0.25) is 0 Å². The van der Waals surface area contributed by atoms with Crippen molar-refractivity contribution in [2.45, 2.75) is 0 Å².